The topological polar surface area (TPSA) is 68.2 Å². The average molecular weight is 255 g/mol. The molecule has 0 aliphatic rings. The van der Waals surface area contributed by atoms with Crippen LogP contribution >= 0.6 is 0 Å². The Balaban J connectivity index is 3.80. The lowest BCUT2D eigenvalue weighted by molar-refractivity contribution is 0.112. The maximum Gasteiger partial charge on any atom is 0.209 e. The van der Waals surface area contributed by atoms with Gasteiger partial charge in [-0.15, -0.1) is 0 Å². The molecule has 1 aromatic carbocycles. The molecule has 0 aromatic heterocycles. The molecule has 1 aromatic rings. The average Bonchev–Trinajstić information content (AvgIpc) is 2.36. The van der Waals surface area contributed by atoms with Crippen LogP contribution in [-0.2, 0) is 0 Å². The zero-order valence-corrected chi connectivity index (χ0v) is 11.1. The fourth-order valence-corrected chi connectivity index (χ4v) is 1.81. The van der Waals surface area contributed by atoms with E-state index >= 15 is 0 Å². The third-order valence-electron chi connectivity index (χ3n) is 2.53. The lowest BCUT2D eigenvalue weighted by Crippen LogP contribution is -2.14. The van der Waals surface area contributed by atoms with Gasteiger partial charge in [0.05, 0.1) is 32.6 Å². The third kappa shape index (κ3) is 2.01. The van der Waals surface area contributed by atoms with Crippen LogP contribution in [0.3, 0.4) is 0 Å². The van der Waals surface area contributed by atoms with E-state index in [-0.39, 0.29) is 28.6 Å². The Hall–Kier alpha value is -2.11. The molecule has 0 unspecified atom stereocenters. The summed E-state index contributed by atoms with van der Waals surface area (Å²) in [5, 5.41) is 10.0. The smallest absolute Gasteiger partial charge is 0.209 e. The molecule has 100 valence electrons. The highest BCUT2D eigenvalue weighted by molar-refractivity contribution is 5.95. The summed E-state index contributed by atoms with van der Waals surface area (Å²) in [5.74, 6) is 0.211. The summed E-state index contributed by atoms with van der Waals surface area (Å²) in [6, 6.07) is 0. The molecule has 0 bridgehead atoms. The van der Waals surface area contributed by atoms with Gasteiger partial charge in [-0.3, -0.25) is 4.79 Å². The van der Waals surface area contributed by atoms with Crippen LogP contribution < -0.4 is 19.1 Å². The van der Waals surface area contributed by atoms with E-state index in [1.54, 1.807) is 19.0 Å². The molecule has 0 amide bonds. The zero-order valence-electron chi connectivity index (χ0n) is 11.1. The molecule has 6 nitrogen and oxygen atoms in total. The van der Waals surface area contributed by atoms with Crippen molar-refractivity contribution in [2.24, 2.45) is 0 Å². The van der Waals surface area contributed by atoms with E-state index in [1.807, 2.05) is 0 Å². The number of carbonyl (C=O) groups excluding carboxylic acids is 1. The molecule has 0 radical (unpaired) electrons. The van der Waals surface area contributed by atoms with Crippen molar-refractivity contribution < 1.29 is 24.1 Å². The van der Waals surface area contributed by atoms with Crippen molar-refractivity contribution in [2.75, 3.05) is 40.3 Å². The summed E-state index contributed by atoms with van der Waals surface area (Å²) >= 11 is 0. The van der Waals surface area contributed by atoms with Crippen molar-refractivity contribution in [1.82, 2.24) is 0 Å². The van der Waals surface area contributed by atoms with Crippen LogP contribution in [0, 0.1) is 0 Å². The van der Waals surface area contributed by atoms with Crippen molar-refractivity contribution in [2.45, 2.75) is 0 Å². The number of aldehydes is 1. The monoisotopic (exact) mass is 255 g/mol. The summed E-state index contributed by atoms with van der Waals surface area (Å²) in [7, 11) is 7.71. The van der Waals surface area contributed by atoms with Crippen LogP contribution in [0.5, 0.6) is 23.0 Å². The SMILES string of the molecule is COc1c(O)c(OC)c(OC)c(N(C)C)c1C=O. The van der Waals surface area contributed by atoms with E-state index in [2.05, 4.69) is 0 Å². The highest BCUT2D eigenvalue weighted by atomic mass is 16.5. The van der Waals surface area contributed by atoms with Gasteiger partial charge in [-0.05, 0) is 0 Å². The van der Waals surface area contributed by atoms with Crippen LogP contribution in [0.4, 0.5) is 5.69 Å². The van der Waals surface area contributed by atoms with Crippen LogP contribution in [0.15, 0.2) is 0 Å². The number of aromatic hydroxyl groups is 1. The van der Waals surface area contributed by atoms with Gasteiger partial charge in [0.25, 0.3) is 0 Å². The molecule has 1 N–H and O–H groups in total. The first-order valence-electron chi connectivity index (χ1n) is 5.20. The molecule has 1 rings (SSSR count). The number of nitrogens with zero attached hydrogens (tertiary/aromatic N) is 1. The Morgan fingerprint density at radius 2 is 1.50 bits per heavy atom. The standard InChI is InChI=1S/C12H17NO5/c1-13(2)8-7(6-14)10(16-3)9(15)12(18-5)11(8)17-4/h6,15H,1-5H3. The first-order valence-corrected chi connectivity index (χ1v) is 5.20. The fraction of sp³-hybridized carbons (Fsp3) is 0.417. The number of benzene rings is 1. The molecule has 0 saturated carbocycles. The Bertz CT molecular complexity index is 457. The van der Waals surface area contributed by atoms with E-state index < -0.39 is 0 Å². The number of hydrogen-bond acceptors (Lipinski definition) is 6. The number of anilines is 1. The van der Waals surface area contributed by atoms with Gasteiger partial charge in [0.15, 0.2) is 17.8 Å². The Labute approximate surface area is 106 Å². The number of phenols is 1. The van der Waals surface area contributed by atoms with Crippen LogP contribution in [0.25, 0.3) is 0 Å². The van der Waals surface area contributed by atoms with Crippen molar-refractivity contribution >= 4 is 12.0 Å². The Morgan fingerprint density at radius 1 is 1.00 bits per heavy atom. The first kappa shape index (κ1) is 14.0. The quantitative estimate of drug-likeness (QED) is 0.800. The molecule has 0 spiro atoms. The molecular weight excluding hydrogens is 238 g/mol. The molecule has 0 heterocycles. The number of hydrogen-bond donors (Lipinski definition) is 1. The van der Waals surface area contributed by atoms with Gasteiger partial charge >= 0.3 is 0 Å². The van der Waals surface area contributed by atoms with E-state index in [0.29, 0.717) is 12.0 Å². The molecule has 0 atom stereocenters. The Kier molecular flexibility index (Phi) is 4.25. The van der Waals surface area contributed by atoms with Gasteiger partial charge in [-0.25, -0.2) is 0 Å². The number of phenolic OH excluding ortho intramolecular Hbond substituents is 1. The van der Waals surface area contributed by atoms with Crippen molar-refractivity contribution in [1.29, 1.82) is 0 Å². The maximum atomic E-state index is 11.2. The summed E-state index contributed by atoms with van der Waals surface area (Å²) < 4.78 is 15.4. The summed E-state index contributed by atoms with van der Waals surface area (Å²) in [6.07, 6.45) is 0.607. The van der Waals surface area contributed by atoms with Gasteiger partial charge in [-0.2, -0.15) is 0 Å². The van der Waals surface area contributed by atoms with Crippen molar-refractivity contribution in [3.63, 3.8) is 0 Å². The second kappa shape index (κ2) is 5.48. The van der Waals surface area contributed by atoms with Crippen LogP contribution in [0.1, 0.15) is 10.4 Å². The van der Waals surface area contributed by atoms with Crippen molar-refractivity contribution in [3.8, 4) is 23.0 Å². The Morgan fingerprint density at radius 3 is 1.83 bits per heavy atom. The van der Waals surface area contributed by atoms with E-state index in [4.69, 9.17) is 14.2 Å². The first-order chi connectivity index (χ1) is 8.53. The van der Waals surface area contributed by atoms with Gasteiger partial charge in [0, 0.05) is 14.1 Å². The molecule has 0 aliphatic carbocycles. The lowest BCUT2D eigenvalue weighted by Gasteiger charge is -2.23. The highest BCUT2D eigenvalue weighted by Crippen LogP contribution is 2.51. The minimum Gasteiger partial charge on any atom is -0.502 e. The third-order valence-corrected chi connectivity index (χ3v) is 2.53. The molecule has 0 fully saturated rings. The molecular formula is C12H17NO5. The zero-order chi connectivity index (χ0) is 13.9. The number of methoxy groups -OCH3 is 3. The highest BCUT2D eigenvalue weighted by Gasteiger charge is 2.27. The van der Waals surface area contributed by atoms with E-state index in [9.17, 15) is 9.90 Å². The number of ether oxygens (including phenoxy) is 3. The normalized spacial score (nSPS) is 9.83. The van der Waals surface area contributed by atoms with Gasteiger partial charge in [0.1, 0.15) is 0 Å². The maximum absolute atomic E-state index is 11.2. The summed E-state index contributed by atoms with van der Waals surface area (Å²) in [5.41, 5.74) is 0.691. The summed E-state index contributed by atoms with van der Waals surface area (Å²) in [6.45, 7) is 0. The van der Waals surface area contributed by atoms with E-state index in [1.165, 1.54) is 21.3 Å². The number of carbonyl (C=O) groups is 1. The van der Waals surface area contributed by atoms with Crippen molar-refractivity contribution in [3.05, 3.63) is 5.56 Å². The predicted molar refractivity (Wildman–Crippen MR) is 67.5 cm³/mol. The lowest BCUT2D eigenvalue weighted by atomic mass is 10.1. The second-order valence-corrected chi connectivity index (χ2v) is 3.72. The minimum atomic E-state index is -0.260. The summed E-state index contributed by atoms with van der Waals surface area (Å²) in [4.78, 5) is 12.9. The molecule has 6 heteroatoms. The van der Waals surface area contributed by atoms with Gasteiger partial charge < -0.3 is 24.2 Å². The molecule has 18 heavy (non-hydrogen) atoms. The van der Waals surface area contributed by atoms with Gasteiger partial charge in [0.2, 0.25) is 11.5 Å². The largest absolute Gasteiger partial charge is 0.502 e. The van der Waals surface area contributed by atoms with Crippen LogP contribution in [0.2, 0.25) is 0 Å². The fourth-order valence-electron chi connectivity index (χ4n) is 1.81. The number of rotatable bonds is 5. The predicted octanol–water partition coefficient (Wildman–Crippen LogP) is 1.30. The van der Waals surface area contributed by atoms with Crippen LogP contribution in [-0.4, -0.2) is 46.8 Å². The van der Waals surface area contributed by atoms with E-state index in [0.717, 1.165) is 0 Å². The molecule has 0 saturated heterocycles. The van der Waals surface area contributed by atoms with Gasteiger partial charge in [-0.1, -0.05) is 0 Å². The molecule has 0 aliphatic heterocycles. The second-order valence-electron chi connectivity index (χ2n) is 3.72. The minimum absolute atomic E-state index is 0.0614.